The molecule has 2 rings (SSSR count). The van der Waals surface area contributed by atoms with E-state index in [0.29, 0.717) is 12.1 Å². The molecular formula is C16H22FNO3. The molecule has 5 heteroatoms. The fraction of sp³-hybridized carbons (Fsp3) is 0.562. The molecular weight excluding hydrogens is 273 g/mol. The first-order chi connectivity index (χ1) is 10.1. The minimum Gasteiger partial charge on any atom is -0.465 e. The van der Waals surface area contributed by atoms with Gasteiger partial charge >= 0.3 is 5.97 Å². The van der Waals surface area contributed by atoms with Crippen LogP contribution in [0, 0.1) is 12.7 Å². The maximum absolute atomic E-state index is 14.0. The molecule has 0 spiro atoms. The molecule has 0 saturated carbocycles. The second-order valence-electron chi connectivity index (χ2n) is 5.25. The first kappa shape index (κ1) is 15.9. The molecule has 1 N–H and O–H groups in total. The molecule has 1 aliphatic heterocycles. The van der Waals surface area contributed by atoms with Gasteiger partial charge in [0.25, 0.3) is 0 Å². The van der Waals surface area contributed by atoms with Gasteiger partial charge in [-0.05, 0) is 32.8 Å². The van der Waals surface area contributed by atoms with E-state index in [9.17, 15) is 9.18 Å². The maximum Gasteiger partial charge on any atom is 0.327 e. The number of esters is 1. The van der Waals surface area contributed by atoms with Crippen LogP contribution >= 0.6 is 0 Å². The molecule has 0 bridgehead atoms. The predicted molar refractivity (Wildman–Crippen MR) is 77.5 cm³/mol. The van der Waals surface area contributed by atoms with Crippen molar-refractivity contribution in [3.8, 4) is 0 Å². The second kappa shape index (κ2) is 7.52. The van der Waals surface area contributed by atoms with Crippen LogP contribution in [0.3, 0.4) is 0 Å². The van der Waals surface area contributed by atoms with Crippen molar-refractivity contribution in [3.63, 3.8) is 0 Å². The highest BCUT2D eigenvalue weighted by molar-refractivity contribution is 5.77. The Morgan fingerprint density at radius 3 is 3.05 bits per heavy atom. The van der Waals surface area contributed by atoms with Gasteiger partial charge in [0.05, 0.1) is 12.7 Å². The summed E-state index contributed by atoms with van der Waals surface area (Å²) in [5, 5.41) is 3.09. The van der Waals surface area contributed by atoms with E-state index in [1.165, 1.54) is 6.07 Å². The zero-order valence-corrected chi connectivity index (χ0v) is 12.5. The van der Waals surface area contributed by atoms with Crippen molar-refractivity contribution in [1.29, 1.82) is 0 Å². The van der Waals surface area contributed by atoms with Crippen LogP contribution in [-0.2, 0) is 14.3 Å². The quantitative estimate of drug-likeness (QED) is 0.819. The SMILES string of the molecule is CCOC(=O)C(NCC1CCCO1)c1cc(C)ccc1F. The van der Waals surface area contributed by atoms with Gasteiger partial charge in [0.1, 0.15) is 11.9 Å². The molecule has 21 heavy (non-hydrogen) atoms. The summed E-state index contributed by atoms with van der Waals surface area (Å²) in [7, 11) is 0. The van der Waals surface area contributed by atoms with Crippen molar-refractivity contribution in [1.82, 2.24) is 5.32 Å². The van der Waals surface area contributed by atoms with Crippen LogP contribution in [0.5, 0.6) is 0 Å². The Balaban J connectivity index is 2.14. The Hall–Kier alpha value is -1.46. The Bertz CT molecular complexity index is 486. The van der Waals surface area contributed by atoms with E-state index in [0.717, 1.165) is 25.0 Å². The molecule has 1 aromatic rings. The third-order valence-corrected chi connectivity index (χ3v) is 3.56. The van der Waals surface area contributed by atoms with Crippen LogP contribution < -0.4 is 5.32 Å². The standard InChI is InChI=1S/C16H22FNO3/c1-3-20-16(19)15(18-10-12-5-4-8-21-12)13-9-11(2)6-7-14(13)17/h6-7,9,12,15,18H,3-5,8,10H2,1-2H3. The Morgan fingerprint density at radius 1 is 1.57 bits per heavy atom. The summed E-state index contributed by atoms with van der Waals surface area (Å²) >= 11 is 0. The lowest BCUT2D eigenvalue weighted by Crippen LogP contribution is -2.36. The number of aryl methyl sites for hydroxylation is 1. The van der Waals surface area contributed by atoms with Gasteiger partial charge in [0.2, 0.25) is 0 Å². The zero-order chi connectivity index (χ0) is 15.2. The maximum atomic E-state index is 14.0. The van der Waals surface area contributed by atoms with E-state index in [1.807, 2.05) is 6.92 Å². The third kappa shape index (κ3) is 4.25. The number of rotatable bonds is 6. The monoisotopic (exact) mass is 295 g/mol. The van der Waals surface area contributed by atoms with Gasteiger partial charge in [-0.2, -0.15) is 0 Å². The van der Waals surface area contributed by atoms with Crippen LogP contribution in [0.4, 0.5) is 4.39 Å². The number of nitrogens with one attached hydrogen (secondary N) is 1. The first-order valence-corrected chi connectivity index (χ1v) is 7.39. The molecule has 1 saturated heterocycles. The van der Waals surface area contributed by atoms with Crippen LogP contribution in [-0.4, -0.2) is 31.8 Å². The van der Waals surface area contributed by atoms with E-state index in [2.05, 4.69) is 5.32 Å². The van der Waals surface area contributed by atoms with E-state index in [-0.39, 0.29) is 12.7 Å². The molecule has 0 aromatic heterocycles. The van der Waals surface area contributed by atoms with Crippen molar-refractivity contribution < 1.29 is 18.7 Å². The third-order valence-electron chi connectivity index (χ3n) is 3.56. The highest BCUT2D eigenvalue weighted by atomic mass is 19.1. The Kier molecular flexibility index (Phi) is 5.70. The van der Waals surface area contributed by atoms with E-state index in [1.54, 1.807) is 19.1 Å². The molecule has 2 atom stereocenters. The average molecular weight is 295 g/mol. The van der Waals surface area contributed by atoms with Gasteiger partial charge in [0.15, 0.2) is 0 Å². The molecule has 0 aliphatic carbocycles. The van der Waals surface area contributed by atoms with Crippen molar-refractivity contribution in [2.75, 3.05) is 19.8 Å². The highest BCUT2D eigenvalue weighted by Gasteiger charge is 2.26. The largest absolute Gasteiger partial charge is 0.465 e. The lowest BCUT2D eigenvalue weighted by molar-refractivity contribution is -0.146. The summed E-state index contributed by atoms with van der Waals surface area (Å²) in [5.74, 6) is -0.863. The number of carbonyl (C=O) groups is 1. The molecule has 2 unspecified atom stereocenters. The van der Waals surface area contributed by atoms with Crippen LogP contribution in [0.15, 0.2) is 18.2 Å². The number of hydrogen-bond acceptors (Lipinski definition) is 4. The molecule has 0 amide bonds. The van der Waals surface area contributed by atoms with Crippen molar-refractivity contribution >= 4 is 5.97 Å². The van der Waals surface area contributed by atoms with Crippen LogP contribution in [0.25, 0.3) is 0 Å². The number of hydrogen-bond donors (Lipinski definition) is 1. The van der Waals surface area contributed by atoms with E-state index in [4.69, 9.17) is 9.47 Å². The minimum absolute atomic E-state index is 0.0785. The smallest absolute Gasteiger partial charge is 0.327 e. The van der Waals surface area contributed by atoms with Crippen molar-refractivity contribution in [2.24, 2.45) is 0 Å². The molecule has 1 aromatic carbocycles. The van der Waals surface area contributed by atoms with Crippen LogP contribution in [0.1, 0.15) is 36.9 Å². The van der Waals surface area contributed by atoms with Gasteiger partial charge in [-0.15, -0.1) is 0 Å². The van der Waals surface area contributed by atoms with E-state index >= 15 is 0 Å². The van der Waals surface area contributed by atoms with Gasteiger partial charge in [-0.25, -0.2) is 9.18 Å². The van der Waals surface area contributed by atoms with Gasteiger partial charge in [-0.3, -0.25) is 5.32 Å². The predicted octanol–water partition coefficient (Wildman–Crippen LogP) is 2.51. The lowest BCUT2D eigenvalue weighted by Gasteiger charge is -2.20. The molecule has 0 radical (unpaired) electrons. The summed E-state index contributed by atoms with van der Waals surface area (Å²) in [6.45, 7) is 5.13. The summed E-state index contributed by atoms with van der Waals surface area (Å²) in [4.78, 5) is 12.1. The lowest BCUT2D eigenvalue weighted by atomic mass is 10.0. The number of benzene rings is 1. The van der Waals surface area contributed by atoms with Gasteiger partial charge < -0.3 is 9.47 Å². The van der Waals surface area contributed by atoms with E-state index < -0.39 is 17.8 Å². The second-order valence-corrected chi connectivity index (χ2v) is 5.25. The van der Waals surface area contributed by atoms with Crippen molar-refractivity contribution in [3.05, 3.63) is 35.1 Å². The Labute approximate surface area is 124 Å². The van der Waals surface area contributed by atoms with Crippen LogP contribution in [0.2, 0.25) is 0 Å². The summed E-state index contributed by atoms with van der Waals surface area (Å²) in [5.41, 5.74) is 1.23. The summed E-state index contributed by atoms with van der Waals surface area (Å²) in [6.07, 6.45) is 2.06. The zero-order valence-electron chi connectivity index (χ0n) is 12.5. The topological polar surface area (TPSA) is 47.6 Å². The Morgan fingerprint density at radius 2 is 2.38 bits per heavy atom. The fourth-order valence-corrected chi connectivity index (χ4v) is 2.48. The molecule has 116 valence electrons. The molecule has 4 nitrogen and oxygen atoms in total. The number of ether oxygens (including phenoxy) is 2. The summed E-state index contributed by atoms with van der Waals surface area (Å²) in [6, 6.07) is 3.94. The average Bonchev–Trinajstić information content (AvgIpc) is 2.96. The number of halogens is 1. The van der Waals surface area contributed by atoms with Gasteiger partial charge in [0, 0.05) is 18.7 Å². The molecule has 1 heterocycles. The van der Waals surface area contributed by atoms with Crippen molar-refractivity contribution in [2.45, 2.75) is 38.8 Å². The highest BCUT2D eigenvalue weighted by Crippen LogP contribution is 2.21. The fourth-order valence-electron chi connectivity index (χ4n) is 2.48. The molecule has 1 aliphatic rings. The first-order valence-electron chi connectivity index (χ1n) is 7.39. The van der Waals surface area contributed by atoms with Gasteiger partial charge in [-0.1, -0.05) is 17.7 Å². The molecule has 1 fully saturated rings. The summed E-state index contributed by atoms with van der Waals surface area (Å²) < 4.78 is 24.6. The minimum atomic E-state index is -0.797. The normalized spacial score (nSPS) is 19.5. The number of carbonyl (C=O) groups excluding carboxylic acids is 1.